The van der Waals surface area contributed by atoms with Crippen molar-refractivity contribution in [2.24, 2.45) is 5.84 Å². The Morgan fingerprint density at radius 3 is 2.67 bits per heavy atom. The van der Waals surface area contributed by atoms with Crippen molar-refractivity contribution in [3.63, 3.8) is 0 Å². The second kappa shape index (κ2) is 7.74. The molecular formula is C13H21BrN2O2. The predicted molar refractivity (Wildman–Crippen MR) is 76.6 cm³/mol. The van der Waals surface area contributed by atoms with Crippen molar-refractivity contribution in [3.8, 4) is 5.75 Å². The number of ether oxygens (including phenoxy) is 2. The molecule has 18 heavy (non-hydrogen) atoms. The highest BCUT2D eigenvalue weighted by Crippen LogP contribution is 2.23. The highest BCUT2D eigenvalue weighted by molar-refractivity contribution is 9.10. The van der Waals surface area contributed by atoms with E-state index in [4.69, 9.17) is 15.3 Å². The molecule has 3 N–H and O–H groups in total. The van der Waals surface area contributed by atoms with Crippen LogP contribution in [0.15, 0.2) is 22.7 Å². The maximum absolute atomic E-state index is 5.57. The Labute approximate surface area is 117 Å². The highest BCUT2D eigenvalue weighted by atomic mass is 79.9. The van der Waals surface area contributed by atoms with Gasteiger partial charge < -0.3 is 9.47 Å². The Balaban J connectivity index is 2.68. The number of hydrogen-bond acceptors (Lipinski definition) is 4. The lowest BCUT2D eigenvalue weighted by Gasteiger charge is -2.18. The van der Waals surface area contributed by atoms with Crippen LogP contribution >= 0.6 is 15.9 Å². The predicted octanol–water partition coefficient (Wildman–Crippen LogP) is 2.26. The fourth-order valence-electron chi connectivity index (χ4n) is 1.57. The summed E-state index contributed by atoms with van der Waals surface area (Å²) in [5.41, 5.74) is 3.93. The lowest BCUT2D eigenvalue weighted by atomic mass is 10.1. The second-order valence-corrected chi connectivity index (χ2v) is 5.26. The van der Waals surface area contributed by atoms with E-state index in [1.807, 2.05) is 32.0 Å². The molecule has 102 valence electrons. The standard InChI is InChI=1S/C13H21BrN2O2/c1-9(2)18-8-11(16-15)6-10-7-12(17-3)4-5-13(10)14/h4-5,7,9,11,16H,6,8,15H2,1-3H3. The number of methoxy groups -OCH3 is 1. The van der Waals surface area contributed by atoms with Gasteiger partial charge in [-0.05, 0) is 44.0 Å². The van der Waals surface area contributed by atoms with Crippen LogP contribution in [0, 0.1) is 0 Å². The maximum Gasteiger partial charge on any atom is 0.119 e. The summed E-state index contributed by atoms with van der Waals surface area (Å²) < 4.78 is 11.8. The molecule has 0 aliphatic carbocycles. The maximum atomic E-state index is 5.57. The lowest BCUT2D eigenvalue weighted by molar-refractivity contribution is 0.0613. The third-order valence-electron chi connectivity index (χ3n) is 2.59. The Hall–Kier alpha value is -0.620. The molecule has 1 unspecified atom stereocenters. The van der Waals surface area contributed by atoms with Crippen LogP contribution in [0.2, 0.25) is 0 Å². The first-order valence-corrected chi connectivity index (χ1v) is 6.76. The van der Waals surface area contributed by atoms with Crippen LogP contribution in [0.3, 0.4) is 0 Å². The SMILES string of the molecule is COc1ccc(Br)c(CC(COC(C)C)NN)c1. The largest absolute Gasteiger partial charge is 0.497 e. The summed E-state index contributed by atoms with van der Waals surface area (Å²) in [5.74, 6) is 6.39. The topological polar surface area (TPSA) is 56.5 Å². The van der Waals surface area contributed by atoms with Crippen LogP contribution in [-0.2, 0) is 11.2 Å². The van der Waals surface area contributed by atoms with Gasteiger partial charge in [0.15, 0.2) is 0 Å². The van der Waals surface area contributed by atoms with Gasteiger partial charge in [-0.2, -0.15) is 0 Å². The van der Waals surface area contributed by atoms with Gasteiger partial charge in [0.2, 0.25) is 0 Å². The van der Waals surface area contributed by atoms with Crippen molar-refractivity contribution in [3.05, 3.63) is 28.2 Å². The first-order chi connectivity index (χ1) is 8.56. The molecule has 0 saturated carbocycles. The Kier molecular flexibility index (Phi) is 6.63. The highest BCUT2D eigenvalue weighted by Gasteiger charge is 2.12. The van der Waals surface area contributed by atoms with Crippen molar-refractivity contribution in [1.82, 2.24) is 5.43 Å². The monoisotopic (exact) mass is 316 g/mol. The second-order valence-electron chi connectivity index (χ2n) is 4.41. The van der Waals surface area contributed by atoms with Crippen LogP contribution in [-0.4, -0.2) is 25.9 Å². The zero-order valence-corrected chi connectivity index (χ0v) is 12.7. The average Bonchev–Trinajstić information content (AvgIpc) is 2.36. The molecule has 1 aromatic carbocycles. The zero-order chi connectivity index (χ0) is 13.5. The lowest BCUT2D eigenvalue weighted by Crippen LogP contribution is -2.41. The number of rotatable bonds is 7. The molecule has 0 amide bonds. The average molecular weight is 317 g/mol. The molecule has 0 fully saturated rings. The van der Waals surface area contributed by atoms with Crippen LogP contribution in [0.25, 0.3) is 0 Å². The van der Waals surface area contributed by atoms with E-state index in [0.717, 1.165) is 22.2 Å². The quantitative estimate of drug-likeness (QED) is 0.598. The Morgan fingerprint density at radius 1 is 1.39 bits per heavy atom. The van der Waals surface area contributed by atoms with Crippen molar-refractivity contribution in [1.29, 1.82) is 0 Å². The molecule has 0 radical (unpaired) electrons. The van der Waals surface area contributed by atoms with Gasteiger partial charge in [0.05, 0.1) is 19.8 Å². The van der Waals surface area contributed by atoms with E-state index >= 15 is 0 Å². The van der Waals surface area contributed by atoms with Crippen molar-refractivity contribution >= 4 is 15.9 Å². The number of benzene rings is 1. The van der Waals surface area contributed by atoms with Crippen LogP contribution in [0.1, 0.15) is 19.4 Å². The van der Waals surface area contributed by atoms with Crippen LogP contribution in [0.5, 0.6) is 5.75 Å². The van der Waals surface area contributed by atoms with Crippen LogP contribution in [0.4, 0.5) is 0 Å². The minimum atomic E-state index is 0.0795. The molecule has 0 heterocycles. The number of hydrazine groups is 1. The summed E-state index contributed by atoms with van der Waals surface area (Å²) >= 11 is 3.53. The number of nitrogens with one attached hydrogen (secondary N) is 1. The first-order valence-electron chi connectivity index (χ1n) is 5.97. The van der Waals surface area contributed by atoms with Gasteiger partial charge in [-0.15, -0.1) is 0 Å². The molecule has 0 bridgehead atoms. The molecule has 1 atom stereocenters. The van der Waals surface area contributed by atoms with Crippen molar-refractivity contribution in [2.75, 3.05) is 13.7 Å². The van der Waals surface area contributed by atoms with Crippen molar-refractivity contribution in [2.45, 2.75) is 32.4 Å². The molecule has 5 heteroatoms. The van der Waals surface area contributed by atoms with Gasteiger partial charge in [-0.3, -0.25) is 11.3 Å². The minimum absolute atomic E-state index is 0.0795. The summed E-state index contributed by atoms with van der Waals surface area (Å²) in [6, 6.07) is 5.98. The third-order valence-corrected chi connectivity index (χ3v) is 3.36. The zero-order valence-electron chi connectivity index (χ0n) is 11.1. The van der Waals surface area contributed by atoms with E-state index < -0.39 is 0 Å². The summed E-state index contributed by atoms with van der Waals surface area (Å²) in [7, 11) is 1.66. The molecule has 0 aliphatic rings. The molecule has 0 aromatic heterocycles. The molecule has 1 rings (SSSR count). The number of halogens is 1. The summed E-state index contributed by atoms with van der Waals surface area (Å²) in [6.07, 6.45) is 0.982. The Bertz CT molecular complexity index is 372. The molecule has 0 saturated heterocycles. The van der Waals surface area contributed by atoms with Gasteiger partial charge in [0.25, 0.3) is 0 Å². The van der Waals surface area contributed by atoms with Crippen molar-refractivity contribution < 1.29 is 9.47 Å². The Morgan fingerprint density at radius 2 is 2.11 bits per heavy atom. The summed E-state index contributed by atoms with van der Waals surface area (Å²) in [6.45, 7) is 4.60. The molecule has 4 nitrogen and oxygen atoms in total. The number of nitrogens with two attached hydrogens (primary N) is 1. The van der Waals surface area contributed by atoms with Gasteiger partial charge in [-0.25, -0.2) is 0 Å². The molecule has 0 spiro atoms. The summed E-state index contributed by atoms with van der Waals surface area (Å²) in [4.78, 5) is 0. The van der Waals surface area contributed by atoms with Crippen LogP contribution < -0.4 is 16.0 Å². The number of hydrogen-bond donors (Lipinski definition) is 2. The van der Waals surface area contributed by atoms with E-state index in [0.29, 0.717) is 6.61 Å². The first kappa shape index (κ1) is 15.4. The smallest absolute Gasteiger partial charge is 0.119 e. The molecule has 1 aromatic rings. The fourth-order valence-corrected chi connectivity index (χ4v) is 1.98. The van der Waals surface area contributed by atoms with Gasteiger partial charge in [-0.1, -0.05) is 15.9 Å². The van der Waals surface area contributed by atoms with E-state index in [2.05, 4.69) is 21.4 Å². The minimum Gasteiger partial charge on any atom is -0.497 e. The van der Waals surface area contributed by atoms with Gasteiger partial charge in [0.1, 0.15) is 5.75 Å². The van der Waals surface area contributed by atoms with Gasteiger partial charge >= 0.3 is 0 Å². The van der Waals surface area contributed by atoms with E-state index in [9.17, 15) is 0 Å². The van der Waals surface area contributed by atoms with E-state index in [-0.39, 0.29) is 12.1 Å². The summed E-state index contributed by atoms with van der Waals surface area (Å²) in [5, 5.41) is 0. The molecule has 0 aliphatic heterocycles. The van der Waals surface area contributed by atoms with E-state index in [1.54, 1.807) is 7.11 Å². The normalized spacial score (nSPS) is 12.8. The third kappa shape index (κ3) is 4.94. The molecular weight excluding hydrogens is 296 g/mol. The van der Waals surface area contributed by atoms with Gasteiger partial charge in [0, 0.05) is 10.5 Å². The fraction of sp³-hybridized carbons (Fsp3) is 0.538. The van der Waals surface area contributed by atoms with E-state index in [1.165, 1.54) is 0 Å².